The number of benzene rings is 6. The molecule has 0 atom stereocenters. The zero-order valence-corrected chi connectivity index (χ0v) is 29.8. The Morgan fingerprint density at radius 1 is 0.481 bits per heavy atom. The number of nitrogens with one attached hydrogen (secondary N) is 4. The van der Waals surface area contributed by atoms with Crippen molar-refractivity contribution in [3.8, 4) is 11.5 Å². The van der Waals surface area contributed by atoms with Crippen molar-refractivity contribution in [1.29, 1.82) is 0 Å². The minimum absolute atomic E-state index is 0.165. The lowest BCUT2D eigenvalue weighted by atomic mass is 10.1. The monoisotopic (exact) mass is 770 g/mol. The van der Waals surface area contributed by atoms with Crippen molar-refractivity contribution in [2.45, 2.75) is 23.6 Å². The third-order valence-electron chi connectivity index (χ3n) is 8.37. The summed E-state index contributed by atoms with van der Waals surface area (Å²) >= 11 is 0. The fraction of sp³-hybridized carbons (Fsp3) is 0.0541. The molecule has 54 heavy (non-hydrogen) atoms. The van der Waals surface area contributed by atoms with E-state index >= 15 is 0 Å². The smallest absolute Gasteiger partial charge is 0.328 e. The van der Waals surface area contributed by atoms with Crippen LogP contribution in [0.5, 0.6) is 11.5 Å². The summed E-state index contributed by atoms with van der Waals surface area (Å²) < 4.78 is 64.6. The normalized spacial score (nSPS) is 11.6. The second-order valence-electron chi connectivity index (χ2n) is 12.3. The number of aromatic hydroxyl groups is 2. The number of phenols is 2. The third-order valence-corrected chi connectivity index (χ3v) is 10.1. The maximum atomic E-state index is 12.9. The molecule has 15 nitrogen and oxygen atoms in total. The lowest BCUT2D eigenvalue weighted by Crippen LogP contribution is -2.42. The van der Waals surface area contributed by atoms with Crippen LogP contribution < -0.4 is 21.3 Å². The van der Waals surface area contributed by atoms with Crippen LogP contribution in [-0.2, 0) is 20.2 Å². The second kappa shape index (κ2) is 14.1. The topological polar surface area (TPSA) is 249 Å². The highest BCUT2D eigenvalue weighted by molar-refractivity contribution is 7.86. The molecule has 17 heteroatoms. The molecule has 0 radical (unpaired) electrons. The third kappa shape index (κ3) is 8.08. The first kappa shape index (κ1) is 37.2. The summed E-state index contributed by atoms with van der Waals surface area (Å²) in [7, 11) is -9.22. The molecule has 0 aliphatic heterocycles. The van der Waals surface area contributed by atoms with Gasteiger partial charge in [0.1, 0.15) is 21.3 Å². The molecule has 0 bridgehead atoms. The van der Waals surface area contributed by atoms with Gasteiger partial charge in [-0.05, 0) is 131 Å². The number of carbonyl (C=O) groups excluding carboxylic acids is 3. The highest BCUT2D eigenvalue weighted by Crippen LogP contribution is 2.33. The molecule has 0 aliphatic rings. The summed E-state index contributed by atoms with van der Waals surface area (Å²) in [5.41, 5.74) is 3.62. The highest BCUT2D eigenvalue weighted by Gasteiger charge is 2.20. The Morgan fingerprint density at radius 2 is 0.833 bits per heavy atom. The van der Waals surface area contributed by atoms with Crippen LogP contribution in [0.15, 0.2) is 107 Å². The van der Waals surface area contributed by atoms with E-state index in [2.05, 4.69) is 21.3 Å². The molecular weight excluding hydrogens is 741 g/mol. The van der Waals surface area contributed by atoms with Gasteiger partial charge in [-0.1, -0.05) is 12.1 Å². The number of urea groups is 1. The van der Waals surface area contributed by atoms with Gasteiger partial charge in [-0.25, -0.2) is 4.79 Å². The summed E-state index contributed by atoms with van der Waals surface area (Å²) in [6.45, 7) is 3.30. The van der Waals surface area contributed by atoms with E-state index in [4.69, 9.17) is 0 Å². The largest absolute Gasteiger partial charge is 0.506 e. The van der Waals surface area contributed by atoms with Gasteiger partial charge < -0.3 is 20.8 Å². The zero-order valence-electron chi connectivity index (χ0n) is 28.2. The molecule has 0 saturated carbocycles. The number of rotatable bonds is 8. The maximum Gasteiger partial charge on any atom is 0.328 e. The summed E-state index contributed by atoms with van der Waals surface area (Å²) in [5, 5.41) is 32.6. The van der Waals surface area contributed by atoms with Crippen LogP contribution >= 0.6 is 0 Å². The Hall–Kier alpha value is -6.53. The average molecular weight is 771 g/mol. The lowest BCUT2D eigenvalue weighted by molar-refractivity contribution is 0.0944. The van der Waals surface area contributed by atoms with E-state index in [1.807, 2.05) is 0 Å². The van der Waals surface area contributed by atoms with Crippen molar-refractivity contribution >= 4 is 82.4 Å². The highest BCUT2D eigenvalue weighted by atomic mass is 32.2. The second-order valence-corrected chi connectivity index (χ2v) is 15.0. The molecule has 0 aromatic heterocycles. The number of fused-ring (bicyclic) bond motifs is 2. The van der Waals surface area contributed by atoms with Crippen LogP contribution in [-0.4, -0.2) is 54.0 Å². The number of phenolic OH excluding ortho intramolecular Hbond substituents is 2. The maximum absolute atomic E-state index is 12.9. The van der Waals surface area contributed by atoms with Gasteiger partial charge in [0.25, 0.3) is 32.1 Å². The predicted octanol–water partition coefficient (Wildman–Crippen LogP) is 6.28. The van der Waals surface area contributed by atoms with Crippen LogP contribution in [0.2, 0.25) is 0 Å². The van der Waals surface area contributed by atoms with Gasteiger partial charge in [-0.2, -0.15) is 16.8 Å². The van der Waals surface area contributed by atoms with Gasteiger partial charge in [0, 0.05) is 33.9 Å². The van der Waals surface area contributed by atoms with E-state index in [0.29, 0.717) is 55.4 Å². The zero-order chi connectivity index (χ0) is 39.1. The molecule has 8 N–H and O–H groups in total. The van der Waals surface area contributed by atoms with Gasteiger partial charge in [-0.3, -0.25) is 29.3 Å². The van der Waals surface area contributed by atoms with Crippen LogP contribution in [0, 0.1) is 13.8 Å². The van der Waals surface area contributed by atoms with E-state index in [9.17, 15) is 50.5 Å². The molecule has 0 saturated heterocycles. The Bertz CT molecular complexity index is 2600. The minimum Gasteiger partial charge on any atom is -0.506 e. The first-order valence-electron chi connectivity index (χ1n) is 15.8. The average Bonchev–Trinajstić information content (AvgIpc) is 3.06. The van der Waals surface area contributed by atoms with Crippen molar-refractivity contribution < 1.29 is 50.5 Å². The van der Waals surface area contributed by atoms with Crippen molar-refractivity contribution in [1.82, 2.24) is 10.6 Å². The van der Waals surface area contributed by atoms with Crippen molar-refractivity contribution in [3.63, 3.8) is 0 Å². The Labute approximate surface area is 307 Å². The first-order chi connectivity index (χ1) is 25.3. The van der Waals surface area contributed by atoms with E-state index in [1.54, 1.807) is 74.5 Å². The molecule has 0 heterocycles. The van der Waals surface area contributed by atoms with Crippen LogP contribution in [0.25, 0.3) is 21.5 Å². The number of imide groups is 2. The number of anilines is 4. The fourth-order valence-corrected chi connectivity index (χ4v) is 6.99. The molecular formula is C37H30N4O11S2. The summed E-state index contributed by atoms with van der Waals surface area (Å²) in [5.74, 6) is -2.72. The standard InChI is InChI=1S/C37H30N4O11S2/c1-19-11-25(38-27-5-3-21-17-33(53(47,48)49)31(42)15-23(21)13-27)7-9-29(19)35(44)40-37(46)41-36(45)30-10-8-26(12-20(30)2)39-28-6-4-22-18-34(54(50,51)52)32(43)16-24(22)14-28/h3-18,38-39,42-43H,1-2H3,(H,47,48,49)(H,50,51,52)(H2,40,41,44,45,46). The number of amides is 4. The molecule has 0 spiro atoms. The lowest BCUT2D eigenvalue weighted by Gasteiger charge is -2.13. The van der Waals surface area contributed by atoms with Gasteiger partial charge >= 0.3 is 6.03 Å². The van der Waals surface area contributed by atoms with Crippen molar-refractivity contribution in [3.05, 3.63) is 119 Å². The Morgan fingerprint density at radius 3 is 1.19 bits per heavy atom. The molecule has 6 aromatic rings. The number of aryl methyl sites for hydroxylation is 2. The number of carbonyl (C=O) groups is 3. The molecule has 4 amide bonds. The Kier molecular flexibility index (Phi) is 9.74. The molecule has 6 rings (SSSR count). The van der Waals surface area contributed by atoms with Gasteiger partial charge in [0.15, 0.2) is 0 Å². The van der Waals surface area contributed by atoms with Gasteiger partial charge in [-0.15, -0.1) is 0 Å². The van der Waals surface area contributed by atoms with E-state index in [0.717, 1.165) is 12.1 Å². The van der Waals surface area contributed by atoms with Crippen molar-refractivity contribution in [2.24, 2.45) is 0 Å². The van der Waals surface area contributed by atoms with E-state index in [-0.39, 0.29) is 11.1 Å². The fourth-order valence-electron chi connectivity index (χ4n) is 5.80. The summed E-state index contributed by atoms with van der Waals surface area (Å²) in [4.78, 5) is 37.3. The summed E-state index contributed by atoms with van der Waals surface area (Å²) in [6, 6.07) is 23.0. The molecule has 0 unspecified atom stereocenters. The van der Waals surface area contributed by atoms with Crippen molar-refractivity contribution in [2.75, 3.05) is 10.6 Å². The van der Waals surface area contributed by atoms with E-state index in [1.165, 1.54) is 24.3 Å². The van der Waals surface area contributed by atoms with Crippen LogP contribution in [0.3, 0.4) is 0 Å². The molecule has 0 aliphatic carbocycles. The van der Waals surface area contributed by atoms with Gasteiger partial charge in [0.05, 0.1) is 0 Å². The quantitative estimate of drug-likeness (QED) is 0.0795. The summed E-state index contributed by atoms with van der Waals surface area (Å²) in [6.07, 6.45) is 0. The predicted molar refractivity (Wildman–Crippen MR) is 200 cm³/mol. The number of hydrogen-bond donors (Lipinski definition) is 8. The first-order valence-corrected chi connectivity index (χ1v) is 18.6. The molecule has 6 aromatic carbocycles. The van der Waals surface area contributed by atoms with Gasteiger partial charge in [0.2, 0.25) is 0 Å². The van der Waals surface area contributed by atoms with Crippen LogP contribution in [0.1, 0.15) is 31.8 Å². The van der Waals surface area contributed by atoms with Crippen LogP contribution in [0.4, 0.5) is 27.5 Å². The minimum atomic E-state index is -4.61. The van der Waals surface area contributed by atoms with E-state index < -0.39 is 59.4 Å². The molecule has 0 fully saturated rings. The number of hydrogen-bond acceptors (Lipinski definition) is 11. The Balaban J connectivity index is 1.07. The SMILES string of the molecule is Cc1cc(Nc2ccc3cc(S(=O)(=O)O)c(O)cc3c2)ccc1C(=O)NC(=O)NC(=O)c1ccc(Nc2ccc3cc(S(=O)(=O)O)c(O)cc3c2)cc1C. The molecule has 276 valence electrons.